The van der Waals surface area contributed by atoms with E-state index in [2.05, 4.69) is 5.16 Å². The number of benzene rings is 1. The maximum atomic E-state index is 13.1. The van der Waals surface area contributed by atoms with Crippen molar-refractivity contribution in [2.75, 3.05) is 19.7 Å². The van der Waals surface area contributed by atoms with E-state index in [-0.39, 0.29) is 58.1 Å². The van der Waals surface area contributed by atoms with E-state index in [9.17, 15) is 13.2 Å². The van der Waals surface area contributed by atoms with Gasteiger partial charge in [-0.3, -0.25) is 4.79 Å². The topological polar surface area (TPSA) is 123 Å². The van der Waals surface area contributed by atoms with Crippen LogP contribution in [0.2, 0.25) is 5.02 Å². The lowest BCUT2D eigenvalue weighted by molar-refractivity contribution is -0.140. The molecule has 1 atom stereocenters. The molecule has 1 unspecified atom stereocenters. The van der Waals surface area contributed by atoms with Gasteiger partial charge in [-0.05, 0) is 39.7 Å². The fraction of sp³-hybridized carbons (Fsp3) is 0.450. The lowest BCUT2D eigenvalue weighted by Gasteiger charge is -2.30. The summed E-state index contributed by atoms with van der Waals surface area (Å²) in [6.45, 7) is 5.35. The highest BCUT2D eigenvalue weighted by Crippen LogP contribution is 2.38. The van der Waals surface area contributed by atoms with Gasteiger partial charge in [-0.2, -0.15) is 9.57 Å². The molecule has 1 aliphatic rings. The van der Waals surface area contributed by atoms with Gasteiger partial charge in [0.25, 0.3) is 0 Å². The number of esters is 1. The molecule has 2 aromatic rings. The van der Waals surface area contributed by atoms with Crippen LogP contribution >= 0.6 is 11.6 Å². The van der Waals surface area contributed by atoms with Crippen molar-refractivity contribution in [3.8, 4) is 17.6 Å². The Labute approximate surface area is 185 Å². The molecule has 11 heteroatoms. The molecule has 0 N–H and O–H groups in total. The Morgan fingerprint density at radius 3 is 2.77 bits per heavy atom. The number of nitriles is 1. The van der Waals surface area contributed by atoms with Crippen LogP contribution in [0.4, 0.5) is 0 Å². The second-order valence-corrected chi connectivity index (χ2v) is 9.39. The van der Waals surface area contributed by atoms with Gasteiger partial charge in [0.1, 0.15) is 10.6 Å². The molecule has 1 fully saturated rings. The number of halogens is 1. The lowest BCUT2D eigenvalue weighted by atomic mass is 10.00. The highest BCUT2D eigenvalue weighted by Gasteiger charge is 2.37. The van der Waals surface area contributed by atoms with Crippen LogP contribution in [0.25, 0.3) is 0 Å². The predicted octanol–water partition coefficient (Wildman–Crippen LogP) is 3.22. The van der Waals surface area contributed by atoms with E-state index in [1.54, 1.807) is 13.8 Å². The van der Waals surface area contributed by atoms with Crippen molar-refractivity contribution in [3.05, 3.63) is 34.2 Å². The molecule has 166 valence electrons. The van der Waals surface area contributed by atoms with Gasteiger partial charge < -0.3 is 14.0 Å². The van der Waals surface area contributed by atoms with Gasteiger partial charge >= 0.3 is 5.97 Å². The van der Waals surface area contributed by atoms with Crippen molar-refractivity contribution < 1.29 is 27.2 Å². The van der Waals surface area contributed by atoms with Crippen molar-refractivity contribution in [3.63, 3.8) is 0 Å². The first-order valence-electron chi connectivity index (χ1n) is 9.70. The van der Waals surface area contributed by atoms with Crippen molar-refractivity contribution in [1.29, 1.82) is 5.26 Å². The van der Waals surface area contributed by atoms with Crippen LogP contribution in [0.1, 0.15) is 36.8 Å². The third-order valence-electron chi connectivity index (χ3n) is 4.92. The van der Waals surface area contributed by atoms with E-state index in [0.717, 1.165) is 0 Å². The smallest absolute Gasteiger partial charge is 0.315 e. The average molecular weight is 468 g/mol. The molecule has 0 aliphatic carbocycles. The van der Waals surface area contributed by atoms with Gasteiger partial charge in [0, 0.05) is 19.2 Å². The minimum absolute atomic E-state index is 0.0122. The lowest BCUT2D eigenvalue weighted by Crippen LogP contribution is -2.43. The highest BCUT2D eigenvalue weighted by atomic mass is 35.5. The van der Waals surface area contributed by atoms with Gasteiger partial charge in [-0.1, -0.05) is 16.8 Å². The van der Waals surface area contributed by atoms with Crippen molar-refractivity contribution in [2.24, 2.45) is 5.92 Å². The highest BCUT2D eigenvalue weighted by molar-refractivity contribution is 7.89. The number of carbonyl (C=O) groups is 1. The van der Waals surface area contributed by atoms with Crippen LogP contribution in [0, 0.1) is 31.1 Å². The maximum absolute atomic E-state index is 13.1. The number of piperidine rings is 1. The molecular weight excluding hydrogens is 446 g/mol. The Kier molecular flexibility index (Phi) is 6.89. The minimum Gasteiger partial charge on any atom is -0.490 e. The van der Waals surface area contributed by atoms with Gasteiger partial charge in [0.2, 0.25) is 10.0 Å². The maximum Gasteiger partial charge on any atom is 0.315 e. The van der Waals surface area contributed by atoms with Gasteiger partial charge in [0.05, 0.1) is 29.2 Å². The van der Waals surface area contributed by atoms with Crippen LogP contribution in [0.5, 0.6) is 11.5 Å². The monoisotopic (exact) mass is 467 g/mol. The summed E-state index contributed by atoms with van der Waals surface area (Å²) in [7, 11) is -3.87. The molecule has 0 spiro atoms. The van der Waals surface area contributed by atoms with Crippen LogP contribution in [-0.2, 0) is 14.8 Å². The zero-order valence-electron chi connectivity index (χ0n) is 17.3. The van der Waals surface area contributed by atoms with E-state index in [1.807, 2.05) is 6.07 Å². The quantitative estimate of drug-likeness (QED) is 0.468. The van der Waals surface area contributed by atoms with Gasteiger partial charge in [-0.25, -0.2) is 8.42 Å². The Morgan fingerprint density at radius 1 is 1.42 bits per heavy atom. The number of carbonyl (C=O) groups excluding carboxylic acids is 1. The van der Waals surface area contributed by atoms with Crippen molar-refractivity contribution in [2.45, 2.75) is 38.5 Å². The minimum atomic E-state index is -3.87. The number of aromatic nitrogens is 1. The Morgan fingerprint density at radius 2 is 2.16 bits per heavy atom. The van der Waals surface area contributed by atoms with Crippen molar-refractivity contribution in [1.82, 2.24) is 9.46 Å². The van der Waals surface area contributed by atoms with E-state index in [4.69, 9.17) is 30.9 Å². The predicted molar refractivity (Wildman–Crippen MR) is 110 cm³/mol. The van der Waals surface area contributed by atoms with Crippen LogP contribution in [0.15, 0.2) is 21.6 Å². The average Bonchev–Trinajstić information content (AvgIpc) is 3.09. The first-order chi connectivity index (χ1) is 14.7. The summed E-state index contributed by atoms with van der Waals surface area (Å²) >= 11 is 6.20. The molecular formula is C20H22ClN3O6S. The standard InChI is InChI=1S/C20H22ClN3O6S/c1-4-28-17-9-14(10-22)8-16(21)18(17)29-20(25)15-6-5-7-24(11-15)31(26,27)19-12(2)23-30-13(19)3/h8-9,15H,4-7,11H2,1-3H3. The molecule has 1 saturated heterocycles. The van der Waals surface area contributed by atoms with Gasteiger partial charge in [-0.15, -0.1) is 0 Å². The second kappa shape index (κ2) is 9.26. The SMILES string of the molecule is CCOc1cc(C#N)cc(Cl)c1OC(=O)C1CCCN(S(=O)(=O)c2c(C)noc2C)C1. The molecule has 3 rings (SSSR count). The summed E-state index contributed by atoms with van der Waals surface area (Å²) in [5.41, 5.74) is 0.538. The Balaban J connectivity index is 1.82. The number of hydrogen-bond acceptors (Lipinski definition) is 8. The molecule has 1 aliphatic heterocycles. The summed E-state index contributed by atoms with van der Waals surface area (Å²) < 4.78 is 43.4. The number of ether oxygens (including phenoxy) is 2. The first kappa shape index (κ1) is 23.1. The third kappa shape index (κ3) is 4.69. The van der Waals surface area contributed by atoms with Crippen LogP contribution in [0.3, 0.4) is 0 Å². The molecule has 0 amide bonds. The summed E-state index contributed by atoms with van der Waals surface area (Å²) in [5, 5.41) is 12.9. The largest absolute Gasteiger partial charge is 0.490 e. The number of rotatable bonds is 6. The summed E-state index contributed by atoms with van der Waals surface area (Å²) in [5.74, 6) is -0.918. The molecule has 0 saturated carbocycles. The fourth-order valence-corrected chi connectivity index (χ4v) is 5.57. The summed E-state index contributed by atoms with van der Waals surface area (Å²) in [4.78, 5) is 12.9. The zero-order valence-corrected chi connectivity index (χ0v) is 18.9. The number of hydrogen-bond donors (Lipinski definition) is 0. The first-order valence-corrected chi connectivity index (χ1v) is 11.5. The Bertz CT molecular complexity index is 1120. The van der Waals surface area contributed by atoms with Crippen LogP contribution < -0.4 is 9.47 Å². The molecule has 1 aromatic carbocycles. The second-order valence-electron chi connectivity index (χ2n) is 7.11. The summed E-state index contributed by atoms with van der Waals surface area (Å²) in [6, 6.07) is 4.78. The molecule has 0 bridgehead atoms. The zero-order chi connectivity index (χ0) is 22.8. The van der Waals surface area contributed by atoms with E-state index < -0.39 is 21.9 Å². The number of aryl methyl sites for hydroxylation is 2. The fourth-order valence-electron chi connectivity index (χ4n) is 3.50. The van der Waals surface area contributed by atoms with Crippen molar-refractivity contribution >= 4 is 27.6 Å². The van der Waals surface area contributed by atoms with E-state index >= 15 is 0 Å². The molecule has 0 radical (unpaired) electrons. The number of nitrogens with zero attached hydrogens (tertiary/aromatic N) is 3. The normalized spacial score (nSPS) is 17.2. The third-order valence-corrected chi connectivity index (χ3v) is 7.32. The van der Waals surface area contributed by atoms with E-state index in [0.29, 0.717) is 12.8 Å². The number of sulfonamides is 1. The molecule has 31 heavy (non-hydrogen) atoms. The van der Waals surface area contributed by atoms with Gasteiger partial charge in [0.15, 0.2) is 17.3 Å². The molecule has 1 aromatic heterocycles. The Hall–Kier alpha value is -2.61. The molecule has 2 heterocycles. The van der Waals surface area contributed by atoms with E-state index in [1.165, 1.54) is 23.4 Å². The molecule has 9 nitrogen and oxygen atoms in total. The summed E-state index contributed by atoms with van der Waals surface area (Å²) in [6.07, 6.45) is 0.951. The van der Waals surface area contributed by atoms with Crippen LogP contribution in [-0.4, -0.2) is 43.5 Å².